The number of thiazole rings is 1. The molecule has 0 radical (unpaired) electrons. The lowest BCUT2D eigenvalue weighted by Gasteiger charge is -2.34. The van der Waals surface area contributed by atoms with Gasteiger partial charge in [-0.25, -0.2) is 15.0 Å². The minimum absolute atomic E-state index is 0.171. The molecule has 7 nitrogen and oxygen atoms in total. The highest BCUT2D eigenvalue weighted by molar-refractivity contribution is 7.15. The summed E-state index contributed by atoms with van der Waals surface area (Å²) in [6.07, 6.45) is 8.24. The molecule has 8 heteroatoms. The van der Waals surface area contributed by atoms with E-state index in [1.165, 1.54) is 24.2 Å². The molecule has 0 atom stereocenters. The molecule has 0 amide bonds. The van der Waals surface area contributed by atoms with E-state index in [2.05, 4.69) is 45.4 Å². The van der Waals surface area contributed by atoms with Crippen LogP contribution in [0, 0.1) is 12.8 Å². The van der Waals surface area contributed by atoms with Gasteiger partial charge in [-0.15, -0.1) is 11.3 Å². The third-order valence-corrected chi connectivity index (χ3v) is 7.99. The average molecular weight is 507 g/mol. The van der Waals surface area contributed by atoms with Gasteiger partial charge in [-0.05, 0) is 95.5 Å². The molecular weight excluding hydrogens is 472 g/mol. The number of anilines is 2. The zero-order valence-corrected chi connectivity index (χ0v) is 22.2. The standard InChI is InChI=1S/C28H34N4O3S/c1-17-13-20(15-21(14-17)31-26-29-12-9-22(32-26)18-5-6-18)23-16-30-25(36-23)28(34)10-7-19(8-11-28)24(33)35-27(2,3)4/h9,12-16,18-19,34H,5-8,10-11H2,1-4H3,(H,29,31,32)/t19-,28-. The minimum Gasteiger partial charge on any atom is -0.460 e. The van der Waals surface area contributed by atoms with Crippen molar-refractivity contribution in [3.63, 3.8) is 0 Å². The third kappa shape index (κ3) is 5.76. The summed E-state index contributed by atoms with van der Waals surface area (Å²) < 4.78 is 5.55. The molecule has 36 heavy (non-hydrogen) atoms. The zero-order chi connectivity index (χ0) is 25.5. The van der Waals surface area contributed by atoms with E-state index in [4.69, 9.17) is 4.74 Å². The van der Waals surface area contributed by atoms with Crippen LogP contribution in [0.15, 0.2) is 36.7 Å². The summed E-state index contributed by atoms with van der Waals surface area (Å²) in [7, 11) is 0. The summed E-state index contributed by atoms with van der Waals surface area (Å²) in [4.78, 5) is 27.1. The molecule has 2 aromatic heterocycles. The first-order valence-electron chi connectivity index (χ1n) is 12.7. The SMILES string of the molecule is Cc1cc(Nc2nccc(C3CC3)n2)cc(-c2cnc([C@]3(O)CC[C@H](C(=O)OC(C)(C)C)CC3)s2)c1. The molecule has 2 saturated carbocycles. The van der Waals surface area contributed by atoms with Crippen molar-refractivity contribution < 1.29 is 14.6 Å². The Bertz CT molecular complexity index is 1250. The summed E-state index contributed by atoms with van der Waals surface area (Å²) in [5.41, 5.74) is 2.66. The van der Waals surface area contributed by atoms with Gasteiger partial charge in [0.25, 0.3) is 0 Å². The second-order valence-corrected chi connectivity index (χ2v) is 12.2. The van der Waals surface area contributed by atoms with Crippen LogP contribution in [0.25, 0.3) is 10.4 Å². The molecule has 190 valence electrons. The van der Waals surface area contributed by atoms with Crippen LogP contribution in [0.5, 0.6) is 0 Å². The van der Waals surface area contributed by atoms with E-state index >= 15 is 0 Å². The maximum absolute atomic E-state index is 12.5. The number of ether oxygens (including phenoxy) is 1. The molecule has 0 aliphatic heterocycles. The number of hydrogen-bond donors (Lipinski definition) is 2. The van der Waals surface area contributed by atoms with E-state index in [0.29, 0.717) is 42.6 Å². The van der Waals surface area contributed by atoms with Gasteiger partial charge in [0.2, 0.25) is 5.95 Å². The fraction of sp³-hybridized carbons (Fsp3) is 0.500. The van der Waals surface area contributed by atoms with Crippen molar-refractivity contribution in [3.8, 4) is 10.4 Å². The predicted molar refractivity (Wildman–Crippen MR) is 141 cm³/mol. The Labute approximate surface area is 216 Å². The van der Waals surface area contributed by atoms with Crippen molar-refractivity contribution in [1.82, 2.24) is 15.0 Å². The number of aromatic nitrogens is 3. The van der Waals surface area contributed by atoms with Gasteiger partial charge in [-0.3, -0.25) is 4.79 Å². The highest BCUT2D eigenvalue weighted by atomic mass is 32.1. The molecule has 0 spiro atoms. The Kier molecular flexibility index (Phi) is 6.59. The monoisotopic (exact) mass is 506 g/mol. The topological polar surface area (TPSA) is 97.2 Å². The maximum Gasteiger partial charge on any atom is 0.309 e. The Morgan fingerprint density at radius 1 is 1.14 bits per heavy atom. The van der Waals surface area contributed by atoms with Gasteiger partial charge in [0, 0.05) is 29.7 Å². The number of carbonyl (C=O) groups is 1. The fourth-order valence-electron chi connectivity index (χ4n) is 4.72. The molecule has 2 heterocycles. The summed E-state index contributed by atoms with van der Waals surface area (Å²) >= 11 is 1.51. The van der Waals surface area contributed by atoms with Crippen LogP contribution >= 0.6 is 11.3 Å². The Hall–Kier alpha value is -2.84. The summed E-state index contributed by atoms with van der Waals surface area (Å²) in [5.74, 6) is 0.838. The van der Waals surface area contributed by atoms with Gasteiger partial charge in [0.15, 0.2) is 0 Å². The fourth-order valence-corrected chi connectivity index (χ4v) is 5.77. The smallest absolute Gasteiger partial charge is 0.309 e. The zero-order valence-electron chi connectivity index (χ0n) is 21.4. The highest BCUT2D eigenvalue weighted by Gasteiger charge is 2.40. The van der Waals surface area contributed by atoms with Gasteiger partial charge in [0.1, 0.15) is 16.2 Å². The van der Waals surface area contributed by atoms with Crippen LogP contribution in [0.2, 0.25) is 0 Å². The largest absolute Gasteiger partial charge is 0.460 e. The molecule has 0 bridgehead atoms. The van der Waals surface area contributed by atoms with E-state index in [1.54, 1.807) is 0 Å². The molecule has 3 aromatic rings. The van der Waals surface area contributed by atoms with Gasteiger partial charge in [0.05, 0.1) is 10.8 Å². The van der Waals surface area contributed by atoms with Crippen molar-refractivity contribution in [2.24, 2.45) is 5.92 Å². The molecule has 2 aliphatic rings. The van der Waals surface area contributed by atoms with Crippen LogP contribution in [-0.4, -0.2) is 31.6 Å². The number of benzene rings is 1. The number of esters is 1. The van der Waals surface area contributed by atoms with Crippen LogP contribution in [0.3, 0.4) is 0 Å². The lowest BCUT2D eigenvalue weighted by Crippen LogP contribution is -2.36. The van der Waals surface area contributed by atoms with E-state index < -0.39 is 11.2 Å². The van der Waals surface area contributed by atoms with Crippen molar-refractivity contribution in [2.75, 3.05) is 5.32 Å². The van der Waals surface area contributed by atoms with Crippen molar-refractivity contribution in [3.05, 3.63) is 52.9 Å². The van der Waals surface area contributed by atoms with E-state index in [-0.39, 0.29) is 11.9 Å². The van der Waals surface area contributed by atoms with Gasteiger partial charge in [-0.2, -0.15) is 0 Å². The molecule has 0 saturated heterocycles. The Morgan fingerprint density at radius 2 is 1.89 bits per heavy atom. The van der Waals surface area contributed by atoms with Crippen LogP contribution in [-0.2, 0) is 15.1 Å². The molecule has 0 unspecified atom stereocenters. The minimum atomic E-state index is -1.01. The maximum atomic E-state index is 12.5. The summed E-state index contributed by atoms with van der Waals surface area (Å²) in [6, 6.07) is 8.26. The van der Waals surface area contributed by atoms with Crippen LogP contribution < -0.4 is 5.32 Å². The van der Waals surface area contributed by atoms with Crippen molar-refractivity contribution >= 4 is 28.9 Å². The second-order valence-electron chi connectivity index (χ2n) is 11.2. The van der Waals surface area contributed by atoms with Gasteiger partial charge in [-0.1, -0.05) is 6.07 Å². The van der Waals surface area contributed by atoms with Gasteiger partial charge >= 0.3 is 5.97 Å². The summed E-state index contributed by atoms with van der Waals surface area (Å²) in [5, 5.41) is 15.4. The first-order chi connectivity index (χ1) is 17.1. The molecular formula is C28H34N4O3S. The quantitative estimate of drug-likeness (QED) is 0.381. The lowest BCUT2D eigenvalue weighted by molar-refractivity contribution is -0.163. The number of carbonyl (C=O) groups excluding carboxylic acids is 1. The highest BCUT2D eigenvalue weighted by Crippen LogP contribution is 2.43. The molecule has 5 rings (SSSR count). The first-order valence-corrected chi connectivity index (χ1v) is 13.5. The lowest BCUT2D eigenvalue weighted by atomic mass is 9.79. The van der Waals surface area contributed by atoms with E-state index in [9.17, 15) is 9.90 Å². The Morgan fingerprint density at radius 3 is 2.58 bits per heavy atom. The number of rotatable bonds is 6. The molecule has 2 fully saturated rings. The number of hydrogen-bond acceptors (Lipinski definition) is 8. The molecule has 1 aromatic carbocycles. The normalized spacial score (nSPS) is 22.3. The molecule has 2 aliphatic carbocycles. The van der Waals surface area contributed by atoms with E-state index in [1.807, 2.05) is 39.2 Å². The Balaban J connectivity index is 1.29. The number of aliphatic hydroxyl groups is 1. The predicted octanol–water partition coefficient (Wildman–Crippen LogP) is 6.25. The number of nitrogens with zero attached hydrogens (tertiary/aromatic N) is 3. The van der Waals surface area contributed by atoms with Crippen LogP contribution in [0.4, 0.5) is 11.6 Å². The number of nitrogens with one attached hydrogen (secondary N) is 1. The van der Waals surface area contributed by atoms with Crippen LogP contribution in [0.1, 0.15) is 81.5 Å². The molecule has 2 N–H and O–H groups in total. The third-order valence-electron chi connectivity index (χ3n) is 6.75. The number of aryl methyl sites for hydroxylation is 1. The van der Waals surface area contributed by atoms with Crippen molar-refractivity contribution in [2.45, 2.75) is 83.3 Å². The second kappa shape index (κ2) is 9.56. The summed E-state index contributed by atoms with van der Waals surface area (Å²) in [6.45, 7) is 7.70. The van der Waals surface area contributed by atoms with Crippen molar-refractivity contribution in [1.29, 1.82) is 0 Å². The average Bonchev–Trinajstić information content (AvgIpc) is 3.54. The first kappa shape index (κ1) is 24.8. The van der Waals surface area contributed by atoms with E-state index in [0.717, 1.165) is 27.4 Å². The van der Waals surface area contributed by atoms with Gasteiger partial charge < -0.3 is 15.2 Å².